The lowest BCUT2D eigenvalue weighted by Gasteiger charge is -2.20. The zero-order valence-corrected chi connectivity index (χ0v) is 19.2. The van der Waals surface area contributed by atoms with Crippen LogP contribution < -0.4 is 19.5 Å². The predicted octanol–water partition coefficient (Wildman–Crippen LogP) is 3.25. The number of methoxy groups -OCH3 is 1. The fraction of sp³-hybridized carbons (Fsp3) is 0.368. The van der Waals surface area contributed by atoms with Gasteiger partial charge in [0.1, 0.15) is 23.1 Å². The van der Waals surface area contributed by atoms with Crippen LogP contribution in [0.3, 0.4) is 0 Å². The summed E-state index contributed by atoms with van der Waals surface area (Å²) in [5.74, 6) is -1.48. The summed E-state index contributed by atoms with van der Waals surface area (Å²) in [5, 5.41) is 20.9. The molecule has 0 aliphatic rings. The normalized spacial score (nSPS) is 13.5. The Kier molecular flexibility index (Phi) is 9.01. The van der Waals surface area contributed by atoms with E-state index in [-0.39, 0.29) is 35.7 Å². The lowest BCUT2D eigenvalue weighted by molar-refractivity contribution is 0.0850. The van der Waals surface area contributed by atoms with Gasteiger partial charge in [0.25, 0.3) is 10.2 Å². The highest BCUT2D eigenvalue weighted by atomic mass is 79.9. The Morgan fingerprint density at radius 2 is 1.87 bits per heavy atom. The molecule has 172 valence electrons. The van der Waals surface area contributed by atoms with Crippen molar-refractivity contribution < 1.29 is 32.1 Å². The molecule has 8 nitrogen and oxygen atoms in total. The molecule has 2 aromatic carbocycles. The maximum absolute atomic E-state index is 14.2. The number of hydrogen-bond donors (Lipinski definition) is 5. The largest absolute Gasteiger partial charge is 0.494 e. The lowest BCUT2D eigenvalue weighted by atomic mass is 10.1. The van der Waals surface area contributed by atoms with E-state index in [1.165, 1.54) is 19.2 Å². The van der Waals surface area contributed by atoms with Gasteiger partial charge in [-0.15, -0.1) is 0 Å². The van der Waals surface area contributed by atoms with Crippen LogP contribution in [-0.2, 0) is 10.2 Å². The maximum Gasteiger partial charge on any atom is 0.299 e. The Morgan fingerprint density at radius 3 is 2.48 bits per heavy atom. The Hall–Kier alpha value is -1.99. The van der Waals surface area contributed by atoms with Crippen LogP contribution in [0.4, 0.5) is 25.8 Å². The monoisotopic (exact) mass is 523 g/mol. The molecule has 0 saturated carbocycles. The van der Waals surface area contributed by atoms with Crippen LogP contribution in [0.1, 0.15) is 19.8 Å². The third-order valence-electron chi connectivity index (χ3n) is 4.22. The van der Waals surface area contributed by atoms with Gasteiger partial charge in [0.05, 0.1) is 31.2 Å². The van der Waals surface area contributed by atoms with Crippen LogP contribution in [0.2, 0.25) is 0 Å². The van der Waals surface area contributed by atoms with Crippen LogP contribution in [0.25, 0.3) is 0 Å². The fourth-order valence-electron chi connectivity index (χ4n) is 2.70. The third-order valence-corrected chi connectivity index (χ3v) is 5.90. The Labute approximate surface area is 187 Å². The summed E-state index contributed by atoms with van der Waals surface area (Å²) < 4.78 is 63.7. The molecular weight excluding hydrogens is 500 g/mol. The minimum atomic E-state index is -4.15. The number of aliphatic hydroxyl groups is 2. The molecule has 0 bridgehead atoms. The van der Waals surface area contributed by atoms with E-state index in [2.05, 4.69) is 30.7 Å². The zero-order chi connectivity index (χ0) is 23.2. The van der Waals surface area contributed by atoms with Gasteiger partial charge >= 0.3 is 0 Å². The van der Waals surface area contributed by atoms with Crippen molar-refractivity contribution in [2.24, 2.45) is 0 Å². The van der Waals surface area contributed by atoms with Crippen LogP contribution >= 0.6 is 15.9 Å². The topological polar surface area (TPSA) is 120 Å². The Bertz CT molecular complexity index is 1010. The molecule has 2 atom stereocenters. The summed E-state index contributed by atoms with van der Waals surface area (Å²) in [7, 11) is -2.91. The molecule has 0 aliphatic carbocycles. The molecular formula is C19H24BrF2N3O5S. The van der Waals surface area contributed by atoms with Gasteiger partial charge in [-0.3, -0.25) is 4.72 Å². The number of hydrogen-bond acceptors (Lipinski definition) is 6. The molecule has 0 aliphatic heterocycles. The minimum Gasteiger partial charge on any atom is -0.494 e. The predicted molar refractivity (Wildman–Crippen MR) is 118 cm³/mol. The van der Waals surface area contributed by atoms with Crippen molar-refractivity contribution in [3.8, 4) is 5.75 Å². The van der Waals surface area contributed by atoms with Gasteiger partial charge in [0.2, 0.25) is 0 Å². The van der Waals surface area contributed by atoms with E-state index in [0.717, 1.165) is 12.1 Å². The first-order valence-electron chi connectivity index (χ1n) is 9.23. The van der Waals surface area contributed by atoms with E-state index in [9.17, 15) is 22.3 Å². The summed E-state index contributed by atoms with van der Waals surface area (Å²) >= 11 is 3.14. The molecule has 0 fully saturated rings. The summed E-state index contributed by atoms with van der Waals surface area (Å²) in [6, 6.07) is 5.58. The van der Waals surface area contributed by atoms with Crippen LogP contribution in [0.5, 0.6) is 5.75 Å². The molecule has 2 aromatic rings. The van der Waals surface area contributed by atoms with Crippen molar-refractivity contribution in [3.63, 3.8) is 0 Å². The SMILES string of the molecule is COc1cc(F)cc(Nc2ccc(Br)cc2F)c1NS(=O)(=O)NC(C)CCC(O)CO. The molecule has 5 N–H and O–H groups in total. The van der Waals surface area contributed by atoms with E-state index in [1.807, 2.05) is 0 Å². The molecule has 0 spiro atoms. The second-order valence-corrected chi connectivity index (χ2v) is 9.18. The maximum atomic E-state index is 14.2. The number of anilines is 3. The van der Waals surface area contributed by atoms with Gasteiger partial charge in [-0.1, -0.05) is 15.9 Å². The molecule has 0 radical (unpaired) electrons. The van der Waals surface area contributed by atoms with Crippen molar-refractivity contribution in [2.45, 2.75) is 31.9 Å². The number of aliphatic hydroxyl groups excluding tert-OH is 2. The van der Waals surface area contributed by atoms with Gasteiger partial charge in [-0.25, -0.2) is 8.78 Å². The smallest absolute Gasteiger partial charge is 0.299 e. The van der Waals surface area contributed by atoms with Crippen LogP contribution in [0, 0.1) is 11.6 Å². The van der Waals surface area contributed by atoms with Crippen molar-refractivity contribution in [1.29, 1.82) is 0 Å². The molecule has 0 heterocycles. The molecule has 2 rings (SSSR count). The van der Waals surface area contributed by atoms with Crippen molar-refractivity contribution >= 4 is 43.2 Å². The highest BCUT2D eigenvalue weighted by molar-refractivity contribution is 9.10. The highest BCUT2D eigenvalue weighted by Gasteiger charge is 2.21. The first-order chi connectivity index (χ1) is 14.5. The fourth-order valence-corrected chi connectivity index (χ4v) is 4.22. The molecule has 2 unspecified atom stereocenters. The number of nitrogens with one attached hydrogen (secondary N) is 3. The summed E-state index contributed by atoms with van der Waals surface area (Å²) in [6.45, 7) is 1.16. The molecule has 0 aromatic heterocycles. The number of rotatable bonds is 11. The van der Waals surface area contributed by atoms with Crippen molar-refractivity contribution in [1.82, 2.24) is 4.72 Å². The Balaban J connectivity index is 2.29. The first-order valence-corrected chi connectivity index (χ1v) is 11.5. The number of halogens is 3. The van der Waals surface area contributed by atoms with E-state index in [1.54, 1.807) is 13.0 Å². The van der Waals surface area contributed by atoms with Crippen molar-refractivity contribution in [2.75, 3.05) is 23.8 Å². The van der Waals surface area contributed by atoms with E-state index in [0.29, 0.717) is 4.47 Å². The summed E-state index contributed by atoms with van der Waals surface area (Å²) in [6.07, 6.45) is -0.498. The zero-order valence-electron chi connectivity index (χ0n) is 16.8. The first kappa shape index (κ1) is 25.3. The quantitative estimate of drug-likeness (QED) is 0.308. The average Bonchev–Trinajstić information content (AvgIpc) is 2.69. The average molecular weight is 524 g/mol. The Morgan fingerprint density at radius 1 is 1.16 bits per heavy atom. The third kappa shape index (κ3) is 7.58. The van der Waals surface area contributed by atoms with Gasteiger partial charge < -0.3 is 20.3 Å². The van der Waals surface area contributed by atoms with Gasteiger partial charge in [0.15, 0.2) is 0 Å². The van der Waals surface area contributed by atoms with Gasteiger partial charge in [-0.05, 0) is 44.0 Å². The molecule has 0 saturated heterocycles. The second kappa shape index (κ2) is 11.0. The van der Waals surface area contributed by atoms with E-state index in [4.69, 9.17) is 9.84 Å². The molecule has 0 amide bonds. The standard InChI is InChI=1S/C19H24BrF2N3O5S/c1-11(3-5-14(27)10-26)24-31(28,29)25-19-17(8-13(21)9-18(19)30-2)23-16-6-4-12(20)7-15(16)22/h4,6-9,11,14,23-27H,3,5,10H2,1-2H3. The molecule has 12 heteroatoms. The highest BCUT2D eigenvalue weighted by Crippen LogP contribution is 2.37. The van der Waals surface area contributed by atoms with Gasteiger partial charge in [0, 0.05) is 16.6 Å². The van der Waals surface area contributed by atoms with Crippen molar-refractivity contribution in [3.05, 3.63) is 46.4 Å². The van der Waals surface area contributed by atoms with E-state index >= 15 is 0 Å². The lowest BCUT2D eigenvalue weighted by Crippen LogP contribution is -2.37. The van der Waals surface area contributed by atoms with Crippen LogP contribution in [-0.4, -0.2) is 44.5 Å². The number of ether oxygens (including phenoxy) is 1. The summed E-state index contributed by atoms with van der Waals surface area (Å²) in [4.78, 5) is 0. The van der Waals surface area contributed by atoms with E-state index < -0.39 is 40.6 Å². The summed E-state index contributed by atoms with van der Waals surface area (Å²) in [5.41, 5.74) is -0.191. The number of benzene rings is 2. The second-order valence-electron chi connectivity index (χ2n) is 6.82. The molecule has 31 heavy (non-hydrogen) atoms. The minimum absolute atomic E-state index is 0.00406. The van der Waals surface area contributed by atoms with Crippen LogP contribution in [0.15, 0.2) is 34.8 Å². The van der Waals surface area contributed by atoms with Gasteiger partial charge in [-0.2, -0.15) is 13.1 Å².